The van der Waals surface area contributed by atoms with Gasteiger partial charge in [-0.05, 0) is 29.9 Å². The van der Waals surface area contributed by atoms with E-state index in [1.54, 1.807) is 0 Å². The molecule has 106 valence electrons. The van der Waals surface area contributed by atoms with Crippen LogP contribution in [0.15, 0.2) is 24.4 Å². The fourth-order valence-electron chi connectivity index (χ4n) is 2.40. The Balaban J connectivity index is 1.96. The summed E-state index contributed by atoms with van der Waals surface area (Å²) in [7, 11) is 0. The molecule has 2 aromatic rings. The van der Waals surface area contributed by atoms with Crippen molar-refractivity contribution >= 4 is 12.2 Å². The van der Waals surface area contributed by atoms with Gasteiger partial charge in [0, 0.05) is 17.3 Å². The molecule has 0 fully saturated rings. The molecule has 1 N–H and O–H groups in total. The van der Waals surface area contributed by atoms with Crippen LogP contribution in [-0.2, 0) is 12.0 Å². The number of fused-ring (bicyclic) bond motifs is 1. The van der Waals surface area contributed by atoms with Gasteiger partial charge in [0.2, 0.25) is 6.79 Å². The van der Waals surface area contributed by atoms with Crippen molar-refractivity contribution in [3.63, 3.8) is 0 Å². The molecular weight excluding hydrogens is 272 g/mol. The van der Waals surface area contributed by atoms with Gasteiger partial charge in [-0.2, -0.15) is 0 Å². The fourth-order valence-corrected chi connectivity index (χ4v) is 2.62. The highest BCUT2D eigenvalue weighted by Crippen LogP contribution is 2.33. The van der Waals surface area contributed by atoms with Crippen LogP contribution in [0, 0.1) is 4.77 Å². The minimum Gasteiger partial charge on any atom is -0.454 e. The first-order valence-corrected chi connectivity index (χ1v) is 7.03. The van der Waals surface area contributed by atoms with Crippen molar-refractivity contribution in [1.82, 2.24) is 9.55 Å². The van der Waals surface area contributed by atoms with Crippen molar-refractivity contribution < 1.29 is 9.47 Å². The lowest BCUT2D eigenvalue weighted by Crippen LogP contribution is -2.18. The molecule has 0 atom stereocenters. The maximum absolute atomic E-state index is 5.42. The molecule has 1 aromatic heterocycles. The van der Waals surface area contributed by atoms with Gasteiger partial charge in [-0.15, -0.1) is 0 Å². The average Bonchev–Trinajstić information content (AvgIpc) is 2.96. The van der Waals surface area contributed by atoms with Crippen LogP contribution in [0.25, 0.3) is 0 Å². The number of H-pyrrole nitrogens is 1. The lowest BCUT2D eigenvalue weighted by Gasteiger charge is -2.20. The highest BCUT2D eigenvalue weighted by Gasteiger charge is 2.20. The van der Waals surface area contributed by atoms with Gasteiger partial charge >= 0.3 is 0 Å². The molecule has 0 saturated carbocycles. The van der Waals surface area contributed by atoms with Crippen LogP contribution in [0.5, 0.6) is 11.5 Å². The van der Waals surface area contributed by atoms with E-state index in [4.69, 9.17) is 21.7 Å². The molecule has 1 aliphatic heterocycles. The number of nitrogens with one attached hydrogen (secondary N) is 1. The van der Waals surface area contributed by atoms with Gasteiger partial charge in [0.05, 0.1) is 6.54 Å². The highest BCUT2D eigenvalue weighted by molar-refractivity contribution is 7.71. The van der Waals surface area contributed by atoms with Crippen LogP contribution in [-0.4, -0.2) is 16.3 Å². The standard InChI is InChI=1S/C15H18N2O2S/c1-15(2,3)13-7-16-14(20)17(13)8-10-4-5-11-12(6-10)19-9-18-11/h4-7H,8-9H2,1-3H3,(H,16,20). The largest absolute Gasteiger partial charge is 0.454 e. The SMILES string of the molecule is CC(C)(C)c1c[nH]c(=S)n1Cc1ccc2c(c1)OCO2. The van der Waals surface area contributed by atoms with Crippen LogP contribution in [0.4, 0.5) is 0 Å². The molecule has 0 amide bonds. The van der Waals surface area contributed by atoms with Crippen LogP contribution in [0.2, 0.25) is 0 Å². The first-order valence-electron chi connectivity index (χ1n) is 6.62. The van der Waals surface area contributed by atoms with E-state index in [-0.39, 0.29) is 5.41 Å². The number of benzene rings is 1. The zero-order chi connectivity index (χ0) is 14.3. The summed E-state index contributed by atoms with van der Waals surface area (Å²) < 4.78 is 13.6. The Bertz CT molecular complexity index is 695. The Hall–Kier alpha value is -1.75. The molecule has 1 aliphatic rings. The summed E-state index contributed by atoms with van der Waals surface area (Å²) in [5.74, 6) is 1.62. The summed E-state index contributed by atoms with van der Waals surface area (Å²) >= 11 is 5.39. The molecule has 5 heteroatoms. The van der Waals surface area contributed by atoms with E-state index in [2.05, 4.69) is 36.4 Å². The molecule has 3 rings (SSSR count). The quantitative estimate of drug-likeness (QED) is 0.859. The number of ether oxygens (including phenoxy) is 2. The number of aromatic nitrogens is 2. The summed E-state index contributed by atoms with van der Waals surface area (Å²) in [6.45, 7) is 7.57. The molecule has 2 heterocycles. The second-order valence-electron chi connectivity index (χ2n) is 6.00. The van der Waals surface area contributed by atoms with Crippen molar-refractivity contribution in [3.8, 4) is 11.5 Å². The Morgan fingerprint density at radius 3 is 2.75 bits per heavy atom. The van der Waals surface area contributed by atoms with Crippen LogP contribution >= 0.6 is 12.2 Å². The second-order valence-corrected chi connectivity index (χ2v) is 6.39. The van der Waals surface area contributed by atoms with Crippen LogP contribution in [0.1, 0.15) is 32.0 Å². The molecule has 1 aromatic carbocycles. The predicted octanol–water partition coefficient (Wildman–Crippen LogP) is 3.62. The Labute approximate surface area is 123 Å². The van der Waals surface area contributed by atoms with Crippen LogP contribution in [0.3, 0.4) is 0 Å². The number of hydrogen-bond donors (Lipinski definition) is 1. The number of imidazole rings is 1. The van der Waals surface area contributed by atoms with Crippen molar-refractivity contribution in [2.75, 3.05) is 6.79 Å². The molecule has 0 unspecified atom stereocenters. The lowest BCUT2D eigenvalue weighted by molar-refractivity contribution is 0.174. The molecule has 0 spiro atoms. The van der Waals surface area contributed by atoms with E-state index in [0.717, 1.165) is 28.4 Å². The maximum atomic E-state index is 5.42. The van der Waals surface area contributed by atoms with E-state index in [1.165, 1.54) is 5.69 Å². The van der Waals surface area contributed by atoms with E-state index >= 15 is 0 Å². The first kappa shape index (κ1) is 13.2. The molecule has 4 nitrogen and oxygen atoms in total. The Morgan fingerprint density at radius 2 is 2.00 bits per heavy atom. The number of rotatable bonds is 2. The van der Waals surface area contributed by atoms with Gasteiger partial charge < -0.3 is 19.0 Å². The topological polar surface area (TPSA) is 39.2 Å². The Kier molecular flexibility index (Phi) is 3.09. The summed E-state index contributed by atoms with van der Waals surface area (Å²) in [5.41, 5.74) is 2.39. The minimum absolute atomic E-state index is 0.0455. The lowest BCUT2D eigenvalue weighted by atomic mass is 9.92. The van der Waals surface area contributed by atoms with Crippen LogP contribution < -0.4 is 9.47 Å². The van der Waals surface area contributed by atoms with Gasteiger partial charge in [0.1, 0.15) is 0 Å². The van der Waals surface area contributed by atoms with E-state index in [1.807, 2.05) is 18.3 Å². The molecule has 0 radical (unpaired) electrons. The summed E-state index contributed by atoms with van der Waals surface area (Å²) in [6, 6.07) is 6.02. The van der Waals surface area contributed by atoms with Gasteiger partial charge in [-0.3, -0.25) is 0 Å². The summed E-state index contributed by atoms with van der Waals surface area (Å²) in [5, 5.41) is 0. The number of aromatic amines is 1. The summed E-state index contributed by atoms with van der Waals surface area (Å²) in [4.78, 5) is 3.14. The summed E-state index contributed by atoms with van der Waals surface area (Å²) in [6.07, 6.45) is 2.00. The third-order valence-corrected chi connectivity index (χ3v) is 3.75. The Morgan fingerprint density at radius 1 is 1.25 bits per heavy atom. The van der Waals surface area contributed by atoms with Gasteiger partial charge in [0.15, 0.2) is 16.3 Å². The van der Waals surface area contributed by atoms with Crippen molar-refractivity contribution in [1.29, 1.82) is 0 Å². The van der Waals surface area contributed by atoms with E-state index < -0.39 is 0 Å². The minimum atomic E-state index is 0.0455. The van der Waals surface area contributed by atoms with Crippen molar-refractivity contribution in [2.24, 2.45) is 0 Å². The zero-order valence-electron chi connectivity index (χ0n) is 11.9. The van der Waals surface area contributed by atoms with Gasteiger partial charge in [0.25, 0.3) is 0 Å². The normalized spacial score (nSPS) is 13.8. The molecule has 0 bridgehead atoms. The third kappa shape index (κ3) is 2.33. The fraction of sp³-hybridized carbons (Fsp3) is 0.400. The monoisotopic (exact) mass is 290 g/mol. The molecule has 0 aliphatic carbocycles. The van der Waals surface area contributed by atoms with Gasteiger partial charge in [-0.25, -0.2) is 0 Å². The first-order chi connectivity index (χ1) is 9.45. The molecule has 20 heavy (non-hydrogen) atoms. The average molecular weight is 290 g/mol. The number of nitrogens with zero attached hydrogens (tertiary/aromatic N) is 1. The van der Waals surface area contributed by atoms with E-state index in [0.29, 0.717) is 6.79 Å². The molecular formula is C15H18N2O2S. The van der Waals surface area contributed by atoms with Crippen molar-refractivity contribution in [3.05, 3.63) is 40.4 Å². The zero-order valence-corrected chi connectivity index (χ0v) is 12.7. The molecule has 0 saturated heterocycles. The second kappa shape index (κ2) is 4.66. The highest BCUT2D eigenvalue weighted by atomic mass is 32.1. The predicted molar refractivity (Wildman–Crippen MR) is 80.0 cm³/mol. The van der Waals surface area contributed by atoms with E-state index in [9.17, 15) is 0 Å². The third-order valence-electron chi connectivity index (χ3n) is 3.41. The van der Waals surface area contributed by atoms with Crippen molar-refractivity contribution in [2.45, 2.75) is 32.7 Å². The van der Waals surface area contributed by atoms with Gasteiger partial charge in [-0.1, -0.05) is 26.8 Å². The number of hydrogen-bond acceptors (Lipinski definition) is 3. The smallest absolute Gasteiger partial charge is 0.231 e. The maximum Gasteiger partial charge on any atom is 0.231 e.